The maximum absolute atomic E-state index is 4.10. The molecule has 2 N–H and O–H groups in total. The predicted molar refractivity (Wildman–Crippen MR) is 62.4 cm³/mol. The van der Waals surface area contributed by atoms with Crippen LogP contribution in [0.2, 0.25) is 0 Å². The number of hydrazine groups is 1. The molecule has 1 aromatic heterocycles. The second-order valence-corrected chi connectivity index (χ2v) is 3.20. The number of aromatic nitrogens is 1. The van der Waals surface area contributed by atoms with Crippen molar-refractivity contribution < 1.29 is 0 Å². The number of pyridine rings is 1. The molecular weight excluding hydrogens is 186 g/mol. The number of rotatable bonds is 3. The summed E-state index contributed by atoms with van der Waals surface area (Å²) in [6.45, 7) is 0. The lowest BCUT2D eigenvalue weighted by Gasteiger charge is -2.06. The molecule has 0 saturated heterocycles. The fourth-order valence-corrected chi connectivity index (χ4v) is 1.45. The molecule has 3 heteroatoms. The van der Waals surface area contributed by atoms with E-state index in [-0.39, 0.29) is 0 Å². The largest absolute Gasteiger partial charge is 0.322 e. The van der Waals surface area contributed by atoms with Gasteiger partial charge in [0.2, 0.25) is 0 Å². The van der Waals surface area contributed by atoms with Crippen molar-refractivity contribution in [1.29, 1.82) is 0 Å². The van der Waals surface area contributed by atoms with Crippen molar-refractivity contribution in [3.63, 3.8) is 0 Å². The summed E-state index contributed by atoms with van der Waals surface area (Å²) >= 11 is 0. The first kappa shape index (κ1) is 9.68. The topological polar surface area (TPSA) is 37.0 Å². The second-order valence-electron chi connectivity index (χ2n) is 3.20. The van der Waals surface area contributed by atoms with E-state index in [1.54, 1.807) is 6.20 Å². The van der Waals surface area contributed by atoms with Crippen molar-refractivity contribution in [1.82, 2.24) is 10.4 Å². The zero-order valence-corrected chi connectivity index (χ0v) is 8.57. The van der Waals surface area contributed by atoms with Gasteiger partial charge in [0.05, 0.1) is 0 Å². The molecule has 76 valence electrons. The van der Waals surface area contributed by atoms with E-state index in [0.29, 0.717) is 0 Å². The number of hydrogen-bond acceptors (Lipinski definition) is 3. The van der Waals surface area contributed by atoms with Gasteiger partial charge in [0.1, 0.15) is 0 Å². The molecule has 0 atom stereocenters. The molecule has 0 saturated carbocycles. The minimum atomic E-state index is 1.04. The first-order valence-corrected chi connectivity index (χ1v) is 4.83. The van der Waals surface area contributed by atoms with Gasteiger partial charge in [0.15, 0.2) is 0 Å². The van der Waals surface area contributed by atoms with E-state index < -0.39 is 0 Å². The summed E-state index contributed by atoms with van der Waals surface area (Å²) in [6.07, 6.45) is 3.64. The molecule has 0 aliphatic carbocycles. The molecule has 0 spiro atoms. The molecule has 0 radical (unpaired) electrons. The maximum Gasteiger partial charge on any atom is 0.0493 e. The van der Waals surface area contributed by atoms with Crippen molar-refractivity contribution in [2.45, 2.75) is 0 Å². The van der Waals surface area contributed by atoms with Crippen LogP contribution in [0, 0.1) is 0 Å². The van der Waals surface area contributed by atoms with Crippen LogP contribution < -0.4 is 10.9 Å². The Kier molecular flexibility index (Phi) is 2.95. The van der Waals surface area contributed by atoms with Gasteiger partial charge < -0.3 is 5.43 Å². The number of nitrogens with one attached hydrogen (secondary N) is 2. The number of benzene rings is 1. The summed E-state index contributed by atoms with van der Waals surface area (Å²) in [4.78, 5) is 4.10. The molecule has 0 unspecified atom stereocenters. The molecule has 15 heavy (non-hydrogen) atoms. The van der Waals surface area contributed by atoms with Crippen LogP contribution in [0.15, 0.2) is 48.8 Å². The lowest BCUT2D eigenvalue weighted by atomic mass is 10.1. The Morgan fingerprint density at radius 1 is 1.07 bits per heavy atom. The first-order valence-electron chi connectivity index (χ1n) is 4.83. The van der Waals surface area contributed by atoms with Gasteiger partial charge in [0.25, 0.3) is 0 Å². The van der Waals surface area contributed by atoms with Crippen LogP contribution in [-0.4, -0.2) is 12.0 Å². The summed E-state index contributed by atoms with van der Waals surface area (Å²) in [6, 6.07) is 12.2. The summed E-state index contributed by atoms with van der Waals surface area (Å²) < 4.78 is 0. The minimum absolute atomic E-state index is 1.04. The molecule has 0 aliphatic heterocycles. The van der Waals surface area contributed by atoms with Crippen molar-refractivity contribution in [2.75, 3.05) is 12.5 Å². The quantitative estimate of drug-likeness (QED) is 0.745. The average molecular weight is 199 g/mol. The SMILES string of the molecule is CNNc1cccc(-c2cccnc2)c1. The molecular formula is C12H13N3. The maximum atomic E-state index is 4.10. The smallest absolute Gasteiger partial charge is 0.0493 e. The van der Waals surface area contributed by atoms with Crippen LogP contribution in [0.25, 0.3) is 11.1 Å². The van der Waals surface area contributed by atoms with Crippen LogP contribution in [-0.2, 0) is 0 Å². The van der Waals surface area contributed by atoms with Gasteiger partial charge in [-0.05, 0) is 23.8 Å². The third kappa shape index (κ3) is 2.33. The van der Waals surface area contributed by atoms with E-state index in [9.17, 15) is 0 Å². The van der Waals surface area contributed by atoms with Crippen molar-refractivity contribution in [3.05, 3.63) is 48.8 Å². The number of hydrogen-bond donors (Lipinski definition) is 2. The summed E-state index contributed by atoms with van der Waals surface area (Å²) in [7, 11) is 1.84. The molecule has 0 aliphatic rings. The van der Waals surface area contributed by atoms with E-state index in [0.717, 1.165) is 16.8 Å². The van der Waals surface area contributed by atoms with Crippen molar-refractivity contribution >= 4 is 5.69 Å². The molecule has 2 rings (SSSR count). The summed E-state index contributed by atoms with van der Waals surface area (Å²) in [5.74, 6) is 0. The minimum Gasteiger partial charge on any atom is -0.322 e. The van der Waals surface area contributed by atoms with Crippen LogP contribution >= 0.6 is 0 Å². The van der Waals surface area contributed by atoms with Crippen LogP contribution in [0.3, 0.4) is 0 Å². The van der Waals surface area contributed by atoms with Gasteiger partial charge in [-0.3, -0.25) is 4.98 Å². The highest BCUT2D eigenvalue weighted by atomic mass is 15.3. The highest BCUT2D eigenvalue weighted by molar-refractivity contribution is 5.67. The Morgan fingerprint density at radius 2 is 1.93 bits per heavy atom. The third-order valence-corrected chi connectivity index (χ3v) is 2.13. The Morgan fingerprint density at radius 3 is 2.67 bits per heavy atom. The molecule has 3 nitrogen and oxygen atoms in total. The van der Waals surface area contributed by atoms with Gasteiger partial charge >= 0.3 is 0 Å². The van der Waals surface area contributed by atoms with Gasteiger partial charge in [-0.1, -0.05) is 18.2 Å². The van der Waals surface area contributed by atoms with Gasteiger partial charge in [-0.15, -0.1) is 0 Å². The fourth-order valence-electron chi connectivity index (χ4n) is 1.45. The molecule has 0 bridgehead atoms. The van der Waals surface area contributed by atoms with Crippen LogP contribution in [0.4, 0.5) is 5.69 Å². The Bertz CT molecular complexity index is 426. The molecule has 1 aromatic carbocycles. The Labute approximate surface area is 89.1 Å². The Balaban J connectivity index is 2.33. The van der Waals surface area contributed by atoms with Crippen molar-refractivity contribution in [2.24, 2.45) is 0 Å². The normalized spacial score (nSPS) is 9.93. The summed E-state index contributed by atoms with van der Waals surface area (Å²) in [5.41, 5.74) is 9.26. The van der Waals surface area contributed by atoms with E-state index >= 15 is 0 Å². The fraction of sp³-hybridized carbons (Fsp3) is 0.0833. The molecule has 0 fully saturated rings. The van der Waals surface area contributed by atoms with E-state index in [1.165, 1.54) is 0 Å². The standard InChI is InChI=1S/C12H13N3/c1-13-15-12-6-2-4-10(8-12)11-5-3-7-14-9-11/h2-9,13,15H,1H3. The van der Waals surface area contributed by atoms with Crippen LogP contribution in [0.1, 0.15) is 0 Å². The van der Waals surface area contributed by atoms with Gasteiger partial charge in [0, 0.05) is 30.7 Å². The Hall–Kier alpha value is -1.87. The first-order chi connectivity index (χ1) is 7.40. The monoisotopic (exact) mass is 199 g/mol. The number of nitrogens with zero attached hydrogens (tertiary/aromatic N) is 1. The highest BCUT2D eigenvalue weighted by Gasteiger charge is 1.97. The van der Waals surface area contributed by atoms with E-state index in [2.05, 4.69) is 28.0 Å². The van der Waals surface area contributed by atoms with E-state index in [1.807, 2.05) is 37.5 Å². The van der Waals surface area contributed by atoms with Gasteiger partial charge in [-0.25, -0.2) is 5.43 Å². The zero-order valence-electron chi connectivity index (χ0n) is 8.57. The lowest BCUT2D eigenvalue weighted by Crippen LogP contribution is -2.14. The molecule has 0 amide bonds. The molecule has 2 aromatic rings. The average Bonchev–Trinajstić information content (AvgIpc) is 2.31. The second kappa shape index (κ2) is 4.57. The third-order valence-electron chi connectivity index (χ3n) is 2.13. The summed E-state index contributed by atoms with van der Waals surface area (Å²) in [5, 5.41) is 0. The predicted octanol–water partition coefficient (Wildman–Crippen LogP) is 2.29. The van der Waals surface area contributed by atoms with Crippen LogP contribution in [0.5, 0.6) is 0 Å². The highest BCUT2D eigenvalue weighted by Crippen LogP contribution is 2.20. The van der Waals surface area contributed by atoms with E-state index in [4.69, 9.17) is 0 Å². The lowest BCUT2D eigenvalue weighted by molar-refractivity contribution is 0.984. The molecule has 1 heterocycles. The number of anilines is 1. The van der Waals surface area contributed by atoms with Crippen molar-refractivity contribution in [3.8, 4) is 11.1 Å². The van der Waals surface area contributed by atoms with Gasteiger partial charge in [-0.2, -0.15) is 0 Å². The zero-order chi connectivity index (χ0) is 10.5.